The Morgan fingerprint density at radius 3 is 2.17 bits per heavy atom. The topological polar surface area (TPSA) is 113 Å². The number of aliphatic hydroxyl groups is 1. The van der Waals surface area contributed by atoms with Gasteiger partial charge in [-0.1, -0.05) is 0 Å². The summed E-state index contributed by atoms with van der Waals surface area (Å²) in [5.41, 5.74) is 0. The molecule has 1 saturated heterocycles. The molecule has 0 unspecified atom stereocenters. The van der Waals surface area contributed by atoms with Gasteiger partial charge in [0.2, 0.25) is 20.0 Å². The van der Waals surface area contributed by atoms with Crippen LogP contribution in [0, 0.1) is 0 Å². The summed E-state index contributed by atoms with van der Waals surface area (Å²) in [5.74, 6) is 0. The zero-order chi connectivity index (χ0) is 17.1. The molecule has 1 fully saturated rings. The van der Waals surface area contributed by atoms with Crippen LogP contribution in [0.1, 0.15) is 6.92 Å². The first-order valence-electron chi connectivity index (χ1n) is 7.08. The van der Waals surface area contributed by atoms with Gasteiger partial charge in [-0.2, -0.15) is 4.31 Å². The molecule has 1 aliphatic heterocycles. The van der Waals surface area contributed by atoms with Crippen molar-refractivity contribution >= 4 is 20.0 Å². The number of hydrogen-bond acceptors (Lipinski definition) is 6. The van der Waals surface area contributed by atoms with Crippen LogP contribution in [0.2, 0.25) is 0 Å². The maximum atomic E-state index is 12.4. The maximum absolute atomic E-state index is 12.4. The Morgan fingerprint density at radius 2 is 1.65 bits per heavy atom. The van der Waals surface area contributed by atoms with E-state index in [-0.39, 0.29) is 29.5 Å². The van der Waals surface area contributed by atoms with Gasteiger partial charge in [0, 0.05) is 19.1 Å². The normalized spacial score (nSPS) is 18.7. The maximum Gasteiger partial charge on any atom is 0.243 e. The third kappa shape index (κ3) is 4.28. The quantitative estimate of drug-likeness (QED) is 0.695. The third-order valence-corrected chi connectivity index (χ3v) is 6.89. The Balaban J connectivity index is 2.22. The first-order chi connectivity index (χ1) is 10.8. The highest BCUT2D eigenvalue weighted by molar-refractivity contribution is 7.89. The van der Waals surface area contributed by atoms with Crippen LogP contribution in [0.3, 0.4) is 0 Å². The predicted molar refractivity (Wildman–Crippen MR) is 82.9 cm³/mol. The van der Waals surface area contributed by atoms with E-state index in [1.54, 1.807) is 0 Å². The lowest BCUT2D eigenvalue weighted by atomic mass is 10.4. The largest absolute Gasteiger partial charge is 0.395 e. The van der Waals surface area contributed by atoms with Crippen molar-refractivity contribution in [1.29, 1.82) is 0 Å². The number of nitrogens with one attached hydrogen (secondary N) is 1. The SMILES string of the molecule is C[C@@H](CO)NS(=O)(=O)c1ccc(S(=O)(=O)N2CCOCC2)cc1. The molecule has 1 aromatic carbocycles. The summed E-state index contributed by atoms with van der Waals surface area (Å²) in [4.78, 5) is -0.0210. The molecule has 0 saturated carbocycles. The van der Waals surface area contributed by atoms with Crippen LogP contribution in [0.5, 0.6) is 0 Å². The number of ether oxygens (including phenoxy) is 1. The van der Waals surface area contributed by atoms with Crippen molar-refractivity contribution in [2.45, 2.75) is 22.8 Å². The van der Waals surface area contributed by atoms with E-state index in [9.17, 15) is 16.8 Å². The van der Waals surface area contributed by atoms with Crippen LogP contribution >= 0.6 is 0 Å². The summed E-state index contributed by atoms with van der Waals surface area (Å²) in [6, 6.07) is 4.38. The molecule has 0 aliphatic carbocycles. The standard InChI is InChI=1S/C13H20N2O6S2/c1-11(10-16)14-22(17,18)12-2-4-13(5-3-12)23(19,20)15-6-8-21-9-7-15/h2-5,11,14,16H,6-10H2,1H3/t11-/m0/s1. The van der Waals surface area contributed by atoms with E-state index in [0.29, 0.717) is 13.2 Å². The number of nitrogens with zero attached hydrogens (tertiary/aromatic N) is 1. The van der Waals surface area contributed by atoms with E-state index in [4.69, 9.17) is 9.84 Å². The van der Waals surface area contributed by atoms with Crippen molar-refractivity contribution in [1.82, 2.24) is 9.03 Å². The van der Waals surface area contributed by atoms with Crippen molar-refractivity contribution < 1.29 is 26.7 Å². The van der Waals surface area contributed by atoms with Crippen molar-refractivity contribution in [3.05, 3.63) is 24.3 Å². The highest BCUT2D eigenvalue weighted by atomic mass is 32.2. The second kappa shape index (κ2) is 7.24. The molecule has 0 amide bonds. The molecule has 1 aliphatic rings. The number of benzene rings is 1. The van der Waals surface area contributed by atoms with Crippen molar-refractivity contribution in [2.75, 3.05) is 32.9 Å². The summed E-state index contributed by atoms with van der Waals surface area (Å²) in [7, 11) is -7.45. The molecule has 10 heteroatoms. The van der Waals surface area contributed by atoms with Crippen LogP contribution in [0.15, 0.2) is 34.1 Å². The van der Waals surface area contributed by atoms with Crippen LogP contribution in [0.4, 0.5) is 0 Å². The van der Waals surface area contributed by atoms with Gasteiger partial charge in [0.25, 0.3) is 0 Å². The van der Waals surface area contributed by atoms with E-state index in [1.807, 2.05) is 0 Å². The molecule has 0 bridgehead atoms. The average Bonchev–Trinajstić information content (AvgIpc) is 2.55. The second-order valence-electron chi connectivity index (χ2n) is 5.19. The molecule has 23 heavy (non-hydrogen) atoms. The molecule has 0 radical (unpaired) electrons. The smallest absolute Gasteiger partial charge is 0.243 e. The fourth-order valence-electron chi connectivity index (χ4n) is 2.10. The molecule has 2 rings (SSSR count). The minimum Gasteiger partial charge on any atom is -0.395 e. The molecule has 8 nitrogen and oxygen atoms in total. The molecule has 1 aromatic rings. The van der Waals surface area contributed by atoms with Gasteiger partial charge in [-0.3, -0.25) is 0 Å². The number of sulfonamides is 2. The number of morpholine rings is 1. The lowest BCUT2D eigenvalue weighted by molar-refractivity contribution is 0.0730. The lowest BCUT2D eigenvalue weighted by Crippen LogP contribution is -2.40. The fraction of sp³-hybridized carbons (Fsp3) is 0.538. The van der Waals surface area contributed by atoms with Gasteiger partial charge in [0.15, 0.2) is 0 Å². The van der Waals surface area contributed by atoms with Gasteiger partial charge in [0.1, 0.15) is 0 Å². The summed E-state index contributed by atoms with van der Waals surface area (Å²) in [6.45, 7) is 2.43. The van der Waals surface area contributed by atoms with Gasteiger partial charge in [-0.15, -0.1) is 0 Å². The van der Waals surface area contributed by atoms with Crippen molar-refractivity contribution in [3.63, 3.8) is 0 Å². The van der Waals surface area contributed by atoms with Crippen LogP contribution in [-0.2, 0) is 24.8 Å². The Hall–Kier alpha value is -1.04. The molecule has 1 heterocycles. The average molecular weight is 364 g/mol. The zero-order valence-corrected chi connectivity index (χ0v) is 14.3. The lowest BCUT2D eigenvalue weighted by Gasteiger charge is -2.26. The molecule has 1 atom stereocenters. The Morgan fingerprint density at radius 1 is 1.13 bits per heavy atom. The predicted octanol–water partition coefficient (Wildman–Crippen LogP) is -0.633. The molecule has 0 aromatic heterocycles. The van der Waals surface area contributed by atoms with Crippen molar-refractivity contribution in [3.8, 4) is 0 Å². The van der Waals surface area contributed by atoms with Gasteiger partial charge in [0.05, 0.1) is 29.6 Å². The monoisotopic (exact) mass is 364 g/mol. The molecule has 0 spiro atoms. The van der Waals surface area contributed by atoms with E-state index in [1.165, 1.54) is 35.5 Å². The first kappa shape index (κ1) is 18.3. The van der Waals surface area contributed by atoms with E-state index < -0.39 is 26.1 Å². The van der Waals surface area contributed by atoms with E-state index in [2.05, 4.69) is 4.72 Å². The van der Waals surface area contributed by atoms with Gasteiger partial charge in [-0.25, -0.2) is 21.6 Å². The van der Waals surface area contributed by atoms with Crippen LogP contribution < -0.4 is 4.72 Å². The number of aliphatic hydroxyl groups excluding tert-OH is 1. The molecular weight excluding hydrogens is 344 g/mol. The van der Waals surface area contributed by atoms with E-state index in [0.717, 1.165) is 0 Å². The molecule has 2 N–H and O–H groups in total. The summed E-state index contributed by atoms with van der Waals surface area (Å²) >= 11 is 0. The van der Waals surface area contributed by atoms with Gasteiger partial charge < -0.3 is 9.84 Å². The molecule has 130 valence electrons. The third-order valence-electron chi connectivity index (χ3n) is 3.37. The summed E-state index contributed by atoms with van der Waals surface area (Å²) < 4.78 is 57.7. The minimum absolute atomic E-state index is 0.0357. The number of rotatable bonds is 6. The first-order valence-corrected chi connectivity index (χ1v) is 10.0. The van der Waals surface area contributed by atoms with Gasteiger partial charge in [-0.05, 0) is 31.2 Å². The highest BCUT2D eigenvalue weighted by Gasteiger charge is 2.27. The fourth-order valence-corrected chi connectivity index (χ4v) is 4.74. The van der Waals surface area contributed by atoms with Crippen LogP contribution in [0.25, 0.3) is 0 Å². The van der Waals surface area contributed by atoms with E-state index >= 15 is 0 Å². The van der Waals surface area contributed by atoms with Crippen LogP contribution in [-0.4, -0.2) is 65.2 Å². The van der Waals surface area contributed by atoms with Gasteiger partial charge >= 0.3 is 0 Å². The second-order valence-corrected chi connectivity index (χ2v) is 8.84. The zero-order valence-electron chi connectivity index (χ0n) is 12.7. The number of hydrogen-bond donors (Lipinski definition) is 2. The summed E-state index contributed by atoms with van der Waals surface area (Å²) in [6.07, 6.45) is 0. The molecular formula is C13H20N2O6S2. The Kier molecular flexibility index (Phi) is 5.76. The minimum atomic E-state index is -3.80. The van der Waals surface area contributed by atoms with Crippen molar-refractivity contribution in [2.24, 2.45) is 0 Å². The summed E-state index contributed by atoms with van der Waals surface area (Å²) in [5, 5.41) is 8.92. The Labute approximate surface area is 136 Å². The highest BCUT2D eigenvalue weighted by Crippen LogP contribution is 2.19. The Bertz CT molecular complexity index is 724.